The van der Waals surface area contributed by atoms with Crippen LogP contribution in [-0.4, -0.2) is 15.8 Å². The molecule has 5 heteroatoms. The minimum atomic E-state index is -0.147. The Kier molecular flexibility index (Phi) is 8.60. The molecule has 0 N–H and O–H groups in total. The lowest BCUT2D eigenvalue weighted by Crippen LogP contribution is -2.52. The topological polar surface area (TPSA) is 16.3 Å². The summed E-state index contributed by atoms with van der Waals surface area (Å²) in [6.07, 6.45) is 0. The number of hydrogen-bond acceptors (Lipinski definition) is 2. The summed E-state index contributed by atoms with van der Waals surface area (Å²) in [5.41, 5.74) is 17.0. The molecular weight excluding hydrogens is 787 g/mol. The maximum absolute atomic E-state index is 2.46. The maximum atomic E-state index is 2.46. The molecule has 65 heavy (non-hydrogen) atoms. The van der Waals surface area contributed by atoms with Gasteiger partial charge in [-0.25, -0.2) is 0 Å². The lowest BCUT2D eigenvalue weighted by Gasteiger charge is -2.33. The number of aromatic nitrogens is 2. The fourth-order valence-corrected chi connectivity index (χ4v) is 10.6. The van der Waals surface area contributed by atoms with Crippen molar-refractivity contribution in [3.8, 4) is 11.4 Å². The van der Waals surface area contributed by atoms with Gasteiger partial charge < -0.3 is 18.9 Å². The molecule has 0 aliphatic carbocycles. The van der Waals surface area contributed by atoms with Crippen molar-refractivity contribution in [3.05, 3.63) is 249 Å². The summed E-state index contributed by atoms with van der Waals surface area (Å²) < 4.78 is 4.93. The molecule has 4 nitrogen and oxygen atoms in total. The molecule has 0 atom stereocenters. The van der Waals surface area contributed by atoms with E-state index in [0.29, 0.717) is 0 Å². The first-order valence-electron chi connectivity index (χ1n) is 22.4. The molecule has 0 unspecified atom stereocenters. The number of hydrogen-bond donors (Lipinski definition) is 0. The number of benzene rings is 10. The van der Waals surface area contributed by atoms with Gasteiger partial charge in [0.15, 0.2) is 0 Å². The second-order valence-corrected chi connectivity index (χ2v) is 17.0. The summed E-state index contributed by atoms with van der Waals surface area (Å²) >= 11 is 0. The summed E-state index contributed by atoms with van der Waals surface area (Å²) in [6, 6.07) is 91.4. The second-order valence-electron chi connectivity index (χ2n) is 17.0. The molecule has 1 aliphatic heterocycles. The zero-order valence-electron chi connectivity index (χ0n) is 35.5. The van der Waals surface area contributed by atoms with Crippen LogP contribution in [0.5, 0.6) is 0 Å². The minimum Gasteiger partial charge on any atom is -0.309 e. The van der Waals surface area contributed by atoms with Gasteiger partial charge >= 0.3 is 0 Å². The van der Waals surface area contributed by atoms with Gasteiger partial charge in [0, 0.05) is 55.7 Å². The van der Waals surface area contributed by atoms with E-state index in [4.69, 9.17) is 0 Å². The molecule has 4 bridgehead atoms. The molecule has 304 valence electrons. The van der Waals surface area contributed by atoms with Gasteiger partial charge in [0.25, 0.3) is 0 Å². The van der Waals surface area contributed by atoms with Gasteiger partial charge in [-0.15, -0.1) is 0 Å². The van der Waals surface area contributed by atoms with Gasteiger partial charge in [-0.05, 0) is 97.1 Å². The van der Waals surface area contributed by atoms with Crippen molar-refractivity contribution in [1.29, 1.82) is 0 Å². The van der Waals surface area contributed by atoms with E-state index in [-0.39, 0.29) is 6.71 Å². The van der Waals surface area contributed by atoms with Crippen molar-refractivity contribution in [1.82, 2.24) is 9.13 Å². The zero-order chi connectivity index (χ0) is 42.8. The van der Waals surface area contributed by atoms with Crippen LogP contribution in [0.4, 0.5) is 34.1 Å². The molecule has 0 amide bonds. The van der Waals surface area contributed by atoms with Gasteiger partial charge in [0.2, 0.25) is 6.71 Å². The summed E-state index contributed by atoms with van der Waals surface area (Å²) in [7, 11) is 0. The normalized spacial score (nSPS) is 12.5. The van der Waals surface area contributed by atoms with Crippen LogP contribution in [0.15, 0.2) is 249 Å². The van der Waals surface area contributed by atoms with Crippen molar-refractivity contribution in [3.63, 3.8) is 0 Å². The van der Waals surface area contributed by atoms with E-state index in [1.807, 2.05) is 0 Å². The van der Waals surface area contributed by atoms with E-state index in [2.05, 4.69) is 268 Å². The van der Waals surface area contributed by atoms with E-state index in [1.165, 1.54) is 60.0 Å². The second kappa shape index (κ2) is 15.1. The maximum Gasteiger partial charge on any atom is 0.241 e. The highest BCUT2D eigenvalue weighted by Crippen LogP contribution is 2.47. The van der Waals surface area contributed by atoms with Gasteiger partial charge in [-0.1, -0.05) is 168 Å². The molecule has 0 spiro atoms. The van der Waals surface area contributed by atoms with E-state index in [1.54, 1.807) is 0 Å². The lowest BCUT2D eigenvalue weighted by molar-refractivity contribution is 1.16. The predicted octanol–water partition coefficient (Wildman–Crippen LogP) is 13.6. The first kappa shape index (κ1) is 37.1. The van der Waals surface area contributed by atoms with Gasteiger partial charge in [-0.2, -0.15) is 0 Å². The fraction of sp³-hybridized carbons (Fsp3) is 0. The molecule has 0 saturated heterocycles. The number of para-hydroxylation sites is 8. The molecular formula is C60H41BN4. The van der Waals surface area contributed by atoms with E-state index < -0.39 is 0 Å². The Labute approximate surface area is 378 Å². The van der Waals surface area contributed by atoms with Crippen LogP contribution in [0.2, 0.25) is 0 Å². The van der Waals surface area contributed by atoms with Crippen molar-refractivity contribution in [2.24, 2.45) is 0 Å². The van der Waals surface area contributed by atoms with E-state index >= 15 is 0 Å². The van der Waals surface area contributed by atoms with Crippen LogP contribution in [0.1, 0.15) is 0 Å². The largest absolute Gasteiger partial charge is 0.309 e. The van der Waals surface area contributed by atoms with Crippen LogP contribution < -0.4 is 26.2 Å². The fourth-order valence-electron chi connectivity index (χ4n) is 10.6. The summed E-state index contributed by atoms with van der Waals surface area (Å²) in [5, 5.41) is 4.94. The van der Waals surface area contributed by atoms with Crippen LogP contribution in [-0.2, 0) is 0 Å². The van der Waals surface area contributed by atoms with Gasteiger partial charge in [-0.3, -0.25) is 0 Å². The summed E-state index contributed by atoms with van der Waals surface area (Å²) in [6.45, 7) is -0.147. The van der Waals surface area contributed by atoms with Gasteiger partial charge in [0.1, 0.15) is 0 Å². The Bertz CT molecular complexity index is 3410. The highest BCUT2D eigenvalue weighted by Gasteiger charge is 2.31. The van der Waals surface area contributed by atoms with Crippen molar-refractivity contribution >= 4 is 101 Å². The third-order valence-electron chi connectivity index (χ3n) is 13.2. The molecule has 3 heterocycles. The number of anilines is 6. The molecule has 12 aromatic rings. The average molecular weight is 829 g/mol. The van der Waals surface area contributed by atoms with E-state index in [9.17, 15) is 0 Å². The third kappa shape index (κ3) is 6.01. The Morgan fingerprint density at radius 1 is 0.231 bits per heavy atom. The van der Waals surface area contributed by atoms with Crippen LogP contribution >= 0.6 is 0 Å². The molecule has 0 fully saturated rings. The standard InChI is InChI=1S/C60H41BN4/c1-4-20-42(21-5-1)61-43-36-47(40-49(38-43)64-55-30-14-10-26-51(55)52-27-11-15-31-56(52)64)62(45-22-6-2-7-23-45)59-34-18-19-35-60(59)63(46-24-8-3-9-25-46)48-37-44(61)39-50(41-48)65-57-32-16-12-28-53(57)54-29-13-17-33-58(54)65/h1-41H. The Hall–Kier alpha value is -8.54. The molecule has 0 radical (unpaired) electrons. The molecule has 10 aromatic carbocycles. The first-order chi connectivity index (χ1) is 32.3. The number of fused-ring (bicyclic) bond motifs is 11. The van der Waals surface area contributed by atoms with Crippen LogP contribution in [0.25, 0.3) is 55.0 Å². The van der Waals surface area contributed by atoms with Crippen molar-refractivity contribution in [2.45, 2.75) is 0 Å². The molecule has 13 rings (SSSR count). The first-order valence-corrected chi connectivity index (χ1v) is 22.4. The Morgan fingerprint density at radius 3 is 0.923 bits per heavy atom. The monoisotopic (exact) mass is 828 g/mol. The Morgan fingerprint density at radius 2 is 0.538 bits per heavy atom. The summed E-state index contributed by atoms with van der Waals surface area (Å²) in [4.78, 5) is 4.91. The third-order valence-corrected chi connectivity index (χ3v) is 13.2. The smallest absolute Gasteiger partial charge is 0.241 e. The van der Waals surface area contributed by atoms with Crippen LogP contribution in [0.3, 0.4) is 0 Å². The van der Waals surface area contributed by atoms with Crippen molar-refractivity contribution in [2.75, 3.05) is 9.80 Å². The zero-order valence-corrected chi connectivity index (χ0v) is 35.5. The van der Waals surface area contributed by atoms with Crippen LogP contribution in [0, 0.1) is 0 Å². The quantitative estimate of drug-likeness (QED) is 0.161. The molecule has 1 aliphatic rings. The highest BCUT2D eigenvalue weighted by atomic mass is 15.2. The lowest BCUT2D eigenvalue weighted by atomic mass is 9.36. The average Bonchev–Trinajstić information content (AvgIpc) is 3.89. The minimum absolute atomic E-state index is 0.147. The van der Waals surface area contributed by atoms with E-state index in [0.717, 1.165) is 45.5 Å². The Balaban J connectivity index is 1.21. The number of rotatable bonds is 5. The predicted molar refractivity (Wildman–Crippen MR) is 276 cm³/mol. The highest BCUT2D eigenvalue weighted by molar-refractivity contribution is 6.95. The molecule has 2 aromatic heterocycles. The van der Waals surface area contributed by atoms with Gasteiger partial charge in [0.05, 0.1) is 33.4 Å². The molecule has 0 saturated carbocycles. The number of nitrogens with zero attached hydrogens (tertiary/aromatic N) is 4. The van der Waals surface area contributed by atoms with Crippen molar-refractivity contribution < 1.29 is 0 Å². The SMILES string of the molecule is c1ccc(B2c3cc(cc(-n4c5ccccc5c5ccccc54)c3)N(c3ccccc3)c3ccccc3N(c3ccccc3)c3cc2cc(-n2c4ccccc4c4ccccc42)c3)cc1. The summed E-state index contributed by atoms with van der Waals surface area (Å²) in [5.74, 6) is 0.